The number of hydrogen-bond acceptors (Lipinski definition) is 5. The topological polar surface area (TPSA) is 103 Å². The SMILES string of the molecule is CC(C)c1ccc(C(=O)NCCN(CCNCCNC(=O)c2ccc(CCl)cc2)CCNC(=O)c2ccc(CCl)cc2)cc1. The molecule has 0 aliphatic heterocycles. The molecule has 44 heavy (non-hydrogen) atoms. The highest BCUT2D eigenvalue weighted by Crippen LogP contribution is 2.14. The van der Waals surface area contributed by atoms with Crippen LogP contribution in [-0.4, -0.2) is 75.0 Å². The lowest BCUT2D eigenvalue weighted by molar-refractivity contribution is 0.0938. The minimum absolute atomic E-state index is 0.111. The number of carbonyl (C=O) groups is 3. The van der Waals surface area contributed by atoms with Crippen molar-refractivity contribution in [1.29, 1.82) is 0 Å². The number of hydrogen-bond donors (Lipinski definition) is 4. The van der Waals surface area contributed by atoms with E-state index in [1.54, 1.807) is 24.3 Å². The van der Waals surface area contributed by atoms with Crippen LogP contribution >= 0.6 is 23.2 Å². The lowest BCUT2D eigenvalue weighted by Gasteiger charge is -2.23. The molecule has 8 nitrogen and oxygen atoms in total. The summed E-state index contributed by atoms with van der Waals surface area (Å²) in [7, 11) is 0. The summed E-state index contributed by atoms with van der Waals surface area (Å²) in [6.07, 6.45) is 0. The Morgan fingerprint density at radius 1 is 0.568 bits per heavy atom. The molecule has 3 aromatic rings. The second-order valence-electron chi connectivity index (χ2n) is 10.8. The Labute approximate surface area is 270 Å². The van der Waals surface area contributed by atoms with Crippen LogP contribution in [0.3, 0.4) is 0 Å². The van der Waals surface area contributed by atoms with E-state index in [1.165, 1.54) is 5.56 Å². The van der Waals surface area contributed by atoms with Gasteiger partial charge in [0.25, 0.3) is 17.7 Å². The fourth-order valence-corrected chi connectivity index (χ4v) is 4.79. The van der Waals surface area contributed by atoms with Gasteiger partial charge in [0.2, 0.25) is 0 Å². The molecule has 0 bridgehead atoms. The number of rotatable bonds is 18. The Morgan fingerprint density at radius 3 is 1.36 bits per heavy atom. The zero-order valence-corrected chi connectivity index (χ0v) is 27.0. The Bertz CT molecular complexity index is 1320. The van der Waals surface area contributed by atoms with Gasteiger partial charge in [-0.15, -0.1) is 23.2 Å². The number of benzene rings is 3. The highest BCUT2D eigenvalue weighted by molar-refractivity contribution is 6.17. The van der Waals surface area contributed by atoms with E-state index in [0.717, 1.165) is 11.1 Å². The van der Waals surface area contributed by atoms with Crippen molar-refractivity contribution in [2.75, 3.05) is 52.4 Å². The second-order valence-corrected chi connectivity index (χ2v) is 11.3. The summed E-state index contributed by atoms with van der Waals surface area (Å²) in [6.45, 7) is 8.88. The van der Waals surface area contributed by atoms with E-state index in [2.05, 4.69) is 40.0 Å². The highest BCUT2D eigenvalue weighted by atomic mass is 35.5. The lowest BCUT2D eigenvalue weighted by Crippen LogP contribution is -2.43. The minimum atomic E-state index is -0.143. The van der Waals surface area contributed by atoms with Gasteiger partial charge in [0.1, 0.15) is 0 Å². The van der Waals surface area contributed by atoms with Crippen molar-refractivity contribution in [3.05, 3.63) is 106 Å². The molecular weight excluding hydrogens is 597 g/mol. The quantitative estimate of drug-likeness (QED) is 0.119. The predicted octanol–water partition coefficient (Wildman–Crippen LogP) is 4.77. The molecule has 0 spiro atoms. The van der Waals surface area contributed by atoms with Gasteiger partial charge >= 0.3 is 0 Å². The summed E-state index contributed by atoms with van der Waals surface area (Å²) in [5.74, 6) is 0.841. The van der Waals surface area contributed by atoms with Crippen molar-refractivity contribution in [1.82, 2.24) is 26.2 Å². The second kappa shape index (κ2) is 19.1. The van der Waals surface area contributed by atoms with Gasteiger partial charge in [-0.1, -0.05) is 50.2 Å². The molecule has 4 N–H and O–H groups in total. The molecule has 0 aliphatic carbocycles. The van der Waals surface area contributed by atoms with E-state index in [0.29, 0.717) is 86.7 Å². The van der Waals surface area contributed by atoms with E-state index >= 15 is 0 Å². The molecule has 3 aromatic carbocycles. The summed E-state index contributed by atoms with van der Waals surface area (Å²) in [5.41, 5.74) is 4.93. The van der Waals surface area contributed by atoms with Crippen molar-refractivity contribution in [2.24, 2.45) is 0 Å². The first-order chi connectivity index (χ1) is 21.3. The van der Waals surface area contributed by atoms with Gasteiger partial charge in [-0.25, -0.2) is 0 Å². The number of carbonyl (C=O) groups excluding carboxylic acids is 3. The van der Waals surface area contributed by atoms with Crippen LogP contribution in [0.1, 0.15) is 67.5 Å². The first kappa shape index (κ1) is 35.1. The van der Waals surface area contributed by atoms with Crippen molar-refractivity contribution < 1.29 is 14.4 Å². The van der Waals surface area contributed by atoms with Gasteiger partial charge in [0, 0.05) is 80.8 Å². The van der Waals surface area contributed by atoms with E-state index in [4.69, 9.17) is 23.2 Å². The van der Waals surface area contributed by atoms with Crippen LogP contribution in [0.5, 0.6) is 0 Å². The van der Waals surface area contributed by atoms with Crippen LogP contribution in [0.2, 0.25) is 0 Å². The molecule has 0 radical (unpaired) electrons. The average molecular weight is 641 g/mol. The van der Waals surface area contributed by atoms with Crippen molar-refractivity contribution in [3.63, 3.8) is 0 Å². The summed E-state index contributed by atoms with van der Waals surface area (Å²) >= 11 is 11.7. The molecule has 236 valence electrons. The molecule has 0 saturated carbocycles. The van der Waals surface area contributed by atoms with Crippen molar-refractivity contribution in [3.8, 4) is 0 Å². The van der Waals surface area contributed by atoms with Crippen LogP contribution in [0.15, 0.2) is 72.8 Å². The Morgan fingerprint density at radius 2 is 0.955 bits per heavy atom. The van der Waals surface area contributed by atoms with Crippen molar-refractivity contribution in [2.45, 2.75) is 31.5 Å². The summed E-state index contributed by atoms with van der Waals surface area (Å²) < 4.78 is 0. The number of amides is 3. The van der Waals surface area contributed by atoms with Gasteiger partial charge in [-0.05, 0) is 59.0 Å². The van der Waals surface area contributed by atoms with Crippen LogP contribution in [0, 0.1) is 0 Å². The molecule has 0 aromatic heterocycles. The summed E-state index contributed by atoms with van der Waals surface area (Å²) in [6, 6.07) is 22.2. The highest BCUT2D eigenvalue weighted by Gasteiger charge is 2.11. The van der Waals surface area contributed by atoms with E-state index in [1.807, 2.05) is 48.5 Å². The van der Waals surface area contributed by atoms with Gasteiger partial charge < -0.3 is 21.3 Å². The molecule has 0 fully saturated rings. The minimum Gasteiger partial charge on any atom is -0.351 e. The van der Waals surface area contributed by atoms with Gasteiger partial charge in [0.05, 0.1) is 0 Å². The number of nitrogens with zero attached hydrogens (tertiary/aromatic N) is 1. The monoisotopic (exact) mass is 639 g/mol. The third-order valence-electron chi connectivity index (χ3n) is 7.20. The Balaban J connectivity index is 1.44. The van der Waals surface area contributed by atoms with Crippen LogP contribution in [0.4, 0.5) is 0 Å². The lowest BCUT2D eigenvalue weighted by atomic mass is 10.0. The zero-order valence-electron chi connectivity index (χ0n) is 25.5. The molecule has 3 rings (SSSR count). The molecule has 3 amide bonds. The maximum atomic E-state index is 12.7. The maximum absolute atomic E-state index is 12.7. The third-order valence-corrected chi connectivity index (χ3v) is 7.82. The van der Waals surface area contributed by atoms with Crippen LogP contribution in [0.25, 0.3) is 0 Å². The molecule has 0 aliphatic rings. The van der Waals surface area contributed by atoms with Gasteiger partial charge in [-0.3, -0.25) is 19.3 Å². The summed E-state index contributed by atoms with van der Waals surface area (Å²) in [4.78, 5) is 39.8. The molecule has 0 unspecified atom stereocenters. The Kier molecular flexibility index (Phi) is 15.2. The summed E-state index contributed by atoms with van der Waals surface area (Å²) in [5, 5.41) is 12.3. The molecule has 0 saturated heterocycles. The molecule has 10 heteroatoms. The first-order valence-electron chi connectivity index (χ1n) is 15.0. The van der Waals surface area contributed by atoms with Crippen molar-refractivity contribution >= 4 is 40.9 Å². The van der Waals surface area contributed by atoms with Gasteiger partial charge in [-0.2, -0.15) is 0 Å². The number of halogens is 2. The third kappa shape index (κ3) is 11.9. The van der Waals surface area contributed by atoms with Gasteiger partial charge in [0.15, 0.2) is 0 Å². The van der Waals surface area contributed by atoms with E-state index in [-0.39, 0.29) is 17.7 Å². The Hall–Kier alpha value is -3.43. The molecule has 0 atom stereocenters. The smallest absolute Gasteiger partial charge is 0.251 e. The maximum Gasteiger partial charge on any atom is 0.251 e. The number of nitrogens with one attached hydrogen (secondary N) is 4. The number of alkyl halides is 2. The molecule has 0 heterocycles. The van der Waals surface area contributed by atoms with Crippen LogP contribution in [-0.2, 0) is 11.8 Å². The fraction of sp³-hybridized carbons (Fsp3) is 0.382. The normalized spacial score (nSPS) is 11.0. The van der Waals surface area contributed by atoms with E-state index in [9.17, 15) is 14.4 Å². The molecular formula is C34H43Cl2N5O3. The predicted molar refractivity (Wildman–Crippen MR) is 179 cm³/mol. The first-order valence-corrected chi connectivity index (χ1v) is 16.0. The largest absolute Gasteiger partial charge is 0.351 e. The van der Waals surface area contributed by atoms with E-state index < -0.39 is 0 Å². The standard InChI is InChI=1S/C34H43Cl2N5O3/c1-25(2)28-11-13-31(14-12-28)34(44)40-19-22-41(21-18-39-33(43)30-9-5-27(24-36)6-10-30)20-17-37-15-16-38-32(42)29-7-3-26(23-35)4-8-29/h3-14,25,37H,15-24H2,1-2H3,(H,38,42)(H,39,43)(H,40,44). The average Bonchev–Trinajstić information content (AvgIpc) is 3.05. The van der Waals surface area contributed by atoms with Crippen LogP contribution < -0.4 is 21.3 Å². The fourth-order valence-electron chi connectivity index (χ4n) is 4.43. The zero-order chi connectivity index (χ0) is 31.7.